The lowest BCUT2D eigenvalue weighted by atomic mass is 9.88. The molecule has 0 aliphatic carbocycles. The highest BCUT2D eigenvalue weighted by Gasteiger charge is 2.37. The topological polar surface area (TPSA) is 78.8 Å². The number of methoxy groups -OCH3 is 1. The molecule has 3 heterocycles. The number of piperidine rings is 1. The summed E-state index contributed by atoms with van der Waals surface area (Å²) < 4.78 is 10.4. The highest BCUT2D eigenvalue weighted by Crippen LogP contribution is 2.32. The van der Waals surface area contributed by atoms with E-state index in [1.807, 2.05) is 41.3 Å². The number of carbonyl (C=O) groups is 1. The summed E-state index contributed by atoms with van der Waals surface area (Å²) in [4.78, 5) is 31.5. The first kappa shape index (κ1) is 19.9. The Morgan fingerprint density at radius 3 is 2.55 bits per heavy atom. The summed E-state index contributed by atoms with van der Waals surface area (Å²) in [6.07, 6.45) is 2.89. The number of nitrogens with one attached hydrogen (secondary N) is 1. The van der Waals surface area contributed by atoms with Gasteiger partial charge in [-0.15, -0.1) is 0 Å². The van der Waals surface area contributed by atoms with Crippen molar-refractivity contribution < 1.29 is 13.9 Å². The second-order valence-corrected chi connectivity index (χ2v) is 8.49. The minimum Gasteiger partial charge on any atom is -0.497 e. The second-order valence-electron chi connectivity index (χ2n) is 8.49. The third kappa shape index (κ3) is 3.97. The number of benzene rings is 2. The van der Waals surface area contributed by atoms with Gasteiger partial charge in [0.1, 0.15) is 5.75 Å². The highest BCUT2D eigenvalue weighted by molar-refractivity contribution is 5.84. The molecule has 162 valence electrons. The van der Waals surface area contributed by atoms with Crippen molar-refractivity contribution in [3.63, 3.8) is 0 Å². The van der Waals surface area contributed by atoms with Gasteiger partial charge in [0.25, 0.3) is 0 Å². The zero-order valence-electron chi connectivity index (χ0n) is 17.7. The van der Waals surface area contributed by atoms with Gasteiger partial charge < -0.3 is 14.1 Å². The lowest BCUT2D eigenvalue weighted by molar-refractivity contribution is -0.133. The van der Waals surface area contributed by atoms with Crippen LogP contribution < -0.4 is 10.5 Å². The number of fused-ring (bicyclic) bond motifs is 1. The standard InChI is InChI=1S/C24H27N3O4/c1-30-19-5-2-16(3-6-19)15-27-13-10-21(23(27)28)26-11-8-17(9-12-26)18-4-7-20-22(14-18)31-24(29)25-20/h2-7,14,17,21H,8-13,15H2,1H3,(H,25,29)/t21-/m0/s1. The summed E-state index contributed by atoms with van der Waals surface area (Å²) >= 11 is 0. The third-order valence-electron chi connectivity index (χ3n) is 6.69. The number of aromatic nitrogens is 1. The van der Waals surface area contributed by atoms with E-state index in [1.165, 1.54) is 5.56 Å². The summed E-state index contributed by atoms with van der Waals surface area (Å²) in [5.74, 6) is 1.08. The number of amides is 1. The molecule has 3 aromatic rings. The van der Waals surface area contributed by atoms with Crippen molar-refractivity contribution in [1.82, 2.24) is 14.8 Å². The fourth-order valence-corrected chi connectivity index (χ4v) is 4.93. The van der Waals surface area contributed by atoms with E-state index >= 15 is 0 Å². The van der Waals surface area contributed by atoms with E-state index in [-0.39, 0.29) is 11.9 Å². The van der Waals surface area contributed by atoms with Crippen molar-refractivity contribution >= 4 is 17.0 Å². The second kappa shape index (κ2) is 8.23. The number of carbonyl (C=O) groups excluding carboxylic acids is 1. The largest absolute Gasteiger partial charge is 0.497 e. The Bertz CT molecular complexity index is 1130. The van der Waals surface area contributed by atoms with Crippen LogP contribution >= 0.6 is 0 Å². The van der Waals surface area contributed by atoms with Crippen LogP contribution in [-0.4, -0.2) is 53.5 Å². The Morgan fingerprint density at radius 2 is 1.81 bits per heavy atom. The molecule has 7 heteroatoms. The molecule has 0 saturated carbocycles. The van der Waals surface area contributed by atoms with E-state index in [9.17, 15) is 9.59 Å². The Labute approximate surface area is 180 Å². The Morgan fingerprint density at radius 1 is 1.03 bits per heavy atom. The maximum Gasteiger partial charge on any atom is 0.417 e. The maximum atomic E-state index is 13.0. The Kier molecular flexibility index (Phi) is 5.28. The van der Waals surface area contributed by atoms with Gasteiger partial charge in [0.05, 0.1) is 18.7 Å². The maximum absolute atomic E-state index is 13.0. The van der Waals surface area contributed by atoms with E-state index in [2.05, 4.69) is 16.0 Å². The van der Waals surface area contributed by atoms with Crippen LogP contribution in [0.2, 0.25) is 0 Å². The molecule has 2 saturated heterocycles. The van der Waals surface area contributed by atoms with E-state index in [4.69, 9.17) is 9.15 Å². The van der Waals surface area contributed by atoms with Crippen molar-refractivity contribution in [2.75, 3.05) is 26.7 Å². The quantitative estimate of drug-likeness (QED) is 0.685. The van der Waals surface area contributed by atoms with Crippen LogP contribution in [0.15, 0.2) is 51.7 Å². The van der Waals surface area contributed by atoms with Gasteiger partial charge in [-0.2, -0.15) is 0 Å². The number of aromatic amines is 1. The van der Waals surface area contributed by atoms with Crippen molar-refractivity contribution in [2.24, 2.45) is 0 Å². The Hall–Kier alpha value is -3.06. The number of oxazole rings is 1. The van der Waals surface area contributed by atoms with Crippen LogP contribution in [0, 0.1) is 0 Å². The van der Waals surface area contributed by atoms with Gasteiger partial charge in [0.15, 0.2) is 5.58 Å². The summed E-state index contributed by atoms with van der Waals surface area (Å²) in [7, 11) is 1.66. The predicted octanol–water partition coefficient (Wildman–Crippen LogP) is 3.11. The van der Waals surface area contributed by atoms with Crippen LogP contribution in [-0.2, 0) is 11.3 Å². The minimum absolute atomic E-state index is 0.00984. The van der Waals surface area contributed by atoms with Crippen LogP contribution in [0.4, 0.5) is 0 Å². The van der Waals surface area contributed by atoms with Crippen molar-refractivity contribution in [3.05, 3.63) is 64.1 Å². The molecular formula is C24H27N3O4. The van der Waals surface area contributed by atoms with Gasteiger partial charge in [-0.25, -0.2) is 4.79 Å². The zero-order valence-corrected chi connectivity index (χ0v) is 17.7. The van der Waals surface area contributed by atoms with Crippen LogP contribution in [0.3, 0.4) is 0 Å². The zero-order chi connectivity index (χ0) is 21.4. The van der Waals surface area contributed by atoms with Crippen molar-refractivity contribution in [2.45, 2.75) is 37.8 Å². The van der Waals surface area contributed by atoms with Gasteiger partial charge in [0, 0.05) is 13.1 Å². The minimum atomic E-state index is -0.416. The molecule has 2 fully saturated rings. The summed E-state index contributed by atoms with van der Waals surface area (Å²) in [6, 6.07) is 13.9. The SMILES string of the molecule is COc1ccc(CN2CC[C@H](N3CCC(c4ccc5[nH]c(=O)oc5c4)CC3)C2=O)cc1. The van der Waals surface area contributed by atoms with Crippen LogP contribution in [0.25, 0.3) is 11.1 Å². The van der Waals surface area contributed by atoms with E-state index in [0.717, 1.165) is 55.7 Å². The molecule has 2 aromatic carbocycles. The van der Waals surface area contributed by atoms with Gasteiger partial charge in [0.2, 0.25) is 5.91 Å². The number of rotatable bonds is 5. The first-order valence-corrected chi connectivity index (χ1v) is 10.9. The van der Waals surface area contributed by atoms with E-state index in [1.54, 1.807) is 7.11 Å². The molecule has 1 atom stereocenters. The number of H-pyrrole nitrogens is 1. The summed E-state index contributed by atoms with van der Waals surface area (Å²) in [5.41, 5.74) is 3.68. The van der Waals surface area contributed by atoms with Crippen LogP contribution in [0.5, 0.6) is 5.75 Å². The number of hydrogen-bond acceptors (Lipinski definition) is 5. The average Bonchev–Trinajstić information content (AvgIpc) is 3.35. The molecular weight excluding hydrogens is 394 g/mol. The first-order valence-electron chi connectivity index (χ1n) is 10.9. The molecule has 1 amide bonds. The predicted molar refractivity (Wildman–Crippen MR) is 117 cm³/mol. The highest BCUT2D eigenvalue weighted by atomic mass is 16.5. The molecule has 0 radical (unpaired) electrons. The summed E-state index contributed by atoms with van der Waals surface area (Å²) in [5, 5.41) is 0. The smallest absolute Gasteiger partial charge is 0.417 e. The third-order valence-corrected chi connectivity index (χ3v) is 6.69. The van der Waals surface area contributed by atoms with Crippen molar-refractivity contribution in [1.29, 1.82) is 0 Å². The molecule has 1 aromatic heterocycles. The molecule has 5 rings (SSSR count). The molecule has 7 nitrogen and oxygen atoms in total. The van der Waals surface area contributed by atoms with E-state index < -0.39 is 5.76 Å². The monoisotopic (exact) mass is 421 g/mol. The fourth-order valence-electron chi connectivity index (χ4n) is 4.93. The van der Waals surface area contributed by atoms with Crippen LogP contribution in [0.1, 0.15) is 36.3 Å². The molecule has 0 spiro atoms. The normalized spacial score (nSPS) is 20.6. The lowest BCUT2D eigenvalue weighted by Crippen LogP contribution is -2.45. The van der Waals surface area contributed by atoms with Gasteiger partial charge in [-0.3, -0.25) is 14.7 Å². The number of ether oxygens (including phenoxy) is 1. The first-order chi connectivity index (χ1) is 15.1. The average molecular weight is 421 g/mol. The molecule has 2 aliphatic rings. The number of nitrogens with zero attached hydrogens (tertiary/aromatic N) is 2. The molecule has 31 heavy (non-hydrogen) atoms. The summed E-state index contributed by atoms with van der Waals surface area (Å²) in [6.45, 7) is 3.27. The van der Waals surface area contributed by atoms with Crippen molar-refractivity contribution in [3.8, 4) is 5.75 Å². The van der Waals surface area contributed by atoms with Gasteiger partial charge >= 0.3 is 5.76 Å². The number of hydrogen-bond donors (Lipinski definition) is 1. The van der Waals surface area contributed by atoms with Gasteiger partial charge in [-0.1, -0.05) is 18.2 Å². The molecule has 1 N–H and O–H groups in total. The van der Waals surface area contributed by atoms with Gasteiger partial charge in [-0.05, 0) is 73.7 Å². The Balaban J connectivity index is 1.19. The number of likely N-dealkylation sites (tertiary alicyclic amines) is 2. The lowest BCUT2D eigenvalue weighted by Gasteiger charge is -2.35. The molecule has 2 aliphatic heterocycles. The molecule has 0 unspecified atom stereocenters. The molecule has 0 bridgehead atoms. The fraction of sp³-hybridized carbons (Fsp3) is 0.417. The van der Waals surface area contributed by atoms with E-state index in [0.29, 0.717) is 18.0 Å².